The molecule has 1 atom stereocenters. The van der Waals surface area contributed by atoms with E-state index in [2.05, 4.69) is 12.2 Å². The van der Waals surface area contributed by atoms with Crippen LogP contribution in [0.4, 0.5) is 0 Å². The second-order valence-corrected chi connectivity index (χ2v) is 6.13. The predicted molar refractivity (Wildman–Crippen MR) is 80.6 cm³/mol. The van der Waals surface area contributed by atoms with Crippen molar-refractivity contribution in [3.63, 3.8) is 0 Å². The van der Waals surface area contributed by atoms with Crippen LogP contribution < -0.4 is 5.32 Å². The maximum absolute atomic E-state index is 9.80. The van der Waals surface area contributed by atoms with Gasteiger partial charge in [0.25, 0.3) is 0 Å². The van der Waals surface area contributed by atoms with Gasteiger partial charge in [-0.3, -0.25) is 0 Å². The Morgan fingerprint density at radius 3 is 2.63 bits per heavy atom. The summed E-state index contributed by atoms with van der Waals surface area (Å²) >= 11 is 5.96. The minimum absolute atomic E-state index is 0.324. The van der Waals surface area contributed by atoms with Crippen LogP contribution in [0.15, 0.2) is 18.2 Å². The molecule has 0 radical (unpaired) electrons. The number of benzene rings is 1. The third kappa shape index (κ3) is 4.39. The standard InChI is InChI=1S/C16H24ClNO/c1-12(13-6-4-2-3-5-7-13)18-11-14-10-15(17)8-9-16(14)19/h8-10,12-13,18-19H,2-7,11H2,1H3/t12-/m0/s1. The number of hydrogen-bond donors (Lipinski definition) is 2. The molecule has 106 valence electrons. The van der Waals surface area contributed by atoms with Crippen molar-refractivity contribution in [2.24, 2.45) is 5.92 Å². The minimum Gasteiger partial charge on any atom is -0.508 e. The zero-order valence-corrected chi connectivity index (χ0v) is 12.4. The highest BCUT2D eigenvalue weighted by Gasteiger charge is 2.18. The van der Waals surface area contributed by atoms with Crippen molar-refractivity contribution in [1.82, 2.24) is 5.32 Å². The summed E-state index contributed by atoms with van der Waals surface area (Å²) in [6.07, 6.45) is 8.15. The van der Waals surface area contributed by atoms with Gasteiger partial charge in [-0.2, -0.15) is 0 Å². The Bertz CT molecular complexity index is 400. The molecule has 0 aliphatic heterocycles. The van der Waals surface area contributed by atoms with Gasteiger partial charge in [-0.1, -0.05) is 37.3 Å². The van der Waals surface area contributed by atoms with Gasteiger partial charge in [0.1, 0.15) is 5.75 Å². The normalized spacial score (nSPS) is 19.1. The lowest BCUT2D eigenvalue weighted by molar-refractivity contribution is 0.334. The molecular formula is C16H24ClNO. The Balaban J connectivity index is 1.88. The summed E-state index contributed by atoms with van der Waals surface area (Å²) in [6.45, 7) is 2.95. The number of hydrogen-bond acceptors (Lipinski definition) is 2. The van der Waals surface area contributed by atoms with E-state index in [1.807, 2.05) is 6.07 Å². The number of rotatable bonds is 4. The van der Waals surface area contributed by atoms with Crippen LogP contribution in [0.2, 0.25) is 5.02 Å². The van der Waals surface area contributed by atoms with E-state index in [9.17, 15) is 5.11 Å². The fourth-order valence-electron chi connectivity index (χ4n) is 2.94. The maximum Gasteiger partial charge on any atom is 0.120 e. The zero-order chi connectivity index (χ0) is 13.7. The molecule has 0 unspecified atom stereocenters. The fourth-order valence-corrected chi connectivity index (χ4v) is 3.14. The number of phenols is 1. The maximum atomic E-state index is 9.80. The molecular weight excluding hydrogens is 258 g/mol. The fraction of sp³-hybridized carbons (Fsp3) is 0.625. The van der Waals surface area contributed by atoms with Crippen molar-refractivity contribution in [1.29, 1.82) is 0 Å². The van der Waals surface area contributed by atoms with Gasteiger partial charge >= 0.3 is 0 Å². The number of aromatic hydroxyl groups is 1. The molecule has 0 spiro atoms. The third-order valence-corrected chi connectivity index (χ3v) is 4.50. The topological polar surface area (TPSA) is 32.3 Å². The lowest BCUT2D eigenvalue weighted by Gasteiger charge is -2.24. The minimum atomic E-state index is 0.324. The van der Waals surface area contributed by atoms with Crippen molar-refractivity contribution in [2.45, 2.75) is 58.0 Å². The summed E-state index contributed by atoms with van der Waals surface area (Å²) in [5, 5.41) is 14.0. The summed E-state index contributed by atoms with van der Waals surface area (Å²) in [5.41, 5.74) is 0.882. The first-order chi connectivity index (χ1) is 9.16. The quantitative estimate of drug-likeness (QED) is 0.797. The average Bonchev–Trinajstić information content (AvgIpc) is 2.68. The van der Waals surface area contributed by atoms with Gasteiger partial charge in [0, 0.05) is 23.2 Å². The third-order valence-electron chi connectivity index (χ3n) is 4.26. The predicted octanol–water partition coefficient (Wildman–Crippen LogP) is 4.49. The molecule has 1 saturated carbocycles. The van der Waals surface area contributed by atoms with Crippen molar-refractivity contribution >= 4 is 11.6 Å². The second kappa shape index (κ2) is 7.16. The smallest absolute Gasteiger partial charge is 0.120 e. The van der Waals surface area contributed by atoms with E-state index < -0.39 is 0 Å². The Kier molecular flexibility index (Phi) is 5.53. The van der Waals surface area contributed by atoms with Gasteiger partial charge in [0.05, 0.1) is 0 Å². The van der Waals surface area contributed by atoms with Crippen molar-refractivity contribution in [3.05, 3.63) is 28.8 Å². The van der Waals surface area contributed by atoms with E-state index in [-0.39, 0.29) is 0 Å². The van der Waals surface area contributed by atoms with E-state index in [4.69, 9.17) is 11.6 Å². The monoisotopic (exact) mass is 281 g/mol. The molecule has 3 heteroatoms. The van der Waals surface area contributed by atoms with Crippen LogP contribution in [-0.4, -0.2) is 11.1 Å². The number of phenolic OH excluding ortho intramolecular Hbond substituents is 1. The number of nitrogens with one attached hydrogen (secondary N) is 1. The summed E-state index contributed by atoms with van der Waals surface area (Å²) < 4.78 is 0. The van der Waals surface area contributed by atoms with Crippen LogP contribution in [0.1, 0.15) is 51.0 Å². The zero-order valence-electron chi connectivity index (χ0n) is 11.7. The Morgan fingerprint density at radius 2 is 1.95 bits per heavy atom. The first kappa shape index (κ1) is 14.7. The Hall–Kier alpha value is -0.730. The van der Waals surface area contributed by atoms with Crippen molar-refractivity contribution < 1.29 is 5.11 Å². The lowest BCUT2D eigenvalue weighted by atomic mass is 9.93. The molecule has 1 aliphatic rings. The molecule has 0 bridgehead atoms. The van der Waals surface area contributed by atoms with E-state index in [0.717, 1.165) is 11.5 Å². The molecule has 0 amide bonds. The van der Waals surface area contributed by atoms with Crippen LogP contribution >= 0.6 is 11.6 Å². The summed E-state index contributed by atoms with van der Waals surface area (Å²) in [5.74, 6) is 1.09. The molecule has 1 fully saturated rings. The Morgan fingerprint density at radius 1 is 1.26 bits per heavy atom. The summed E-state index contributed by atoms with van der Waals surface area (Å²) in [4.78, 5) is 0. The van der Waals surface area contributed by atoms with Crippen LogP contribution in [0.25, 0.3) is 0 Å². The molecule has 1 aromatic rings. The molecule has 0 saturated heterocycles. The number of halogens is 1. The van der Waals surface area contributed by atoms with Gasteiger partial charge in [0.2, 0.25) is 0 Å². The van der Waals surface area contributed by atoms with E-state index in [1.165, 1.54) is 38.5 Å². The summed E-state index contributed by atoms with van der Waals surface area (Å²) in [7, 11) is 0. The van der Waals surface area contributed by atoms with Crippen molar-refractivity contribution in [3.8, 4) is 5.75 Å². The summed E-state index contributed by atoms with van der Waals surface area (Å²) in [6, 6.07) is 5.71. The average molecular weight is 282 g/mol. The van der Waals surface area contributed by atoms with Gasteiger partial charge in [-0.05, 0) is 43.9 Å². The van der Waals surface area contributed by atoms with E-state index in [1.54, 1.807) is 12.1 Å². The first-order valence-corrected chi connectivity index (χ1v) is 7.75. The SMILES string of the molecule is C[C@H](NCc1cc(Cl)ccc1O)C1CCCCCC1. The molecule has 1 aliphatic carbocycles. The van der Waals surface area contributed by atoms with Gasteiger partial charge < -0.3 is 10.4 Å². The van der Waals surface area contributed by atoms with E-state index >= 15 is 0 Å². The molecule has 19 heavy (non-hydrogen) atoms. The largest absolute Gasteiger partial charge is 0.508 e. The van der Waals surface area contributed by atoms with Gasteiger partial charge in [-0.25, -0.2) is 0 Å². The molecule has 2 nitrogen and oxygen atoms in total. The lowest BCUT2D eigenvalue weighted by Crippen LogP contribution is -2.32. The second-order valence-electron chi connectivity index (χ2n) is 5.69. The highest BCUT2D eigenvalue weighted by atomic mass is 35.5. The van der Waals surface area contributed by atoms with Crippen LogP contribution in [0, 0.1) is 5.92 Å². The highest BCUT2D eigenvalue weighted by molar-refractivity contribution is 6.30. The van der Waals surface area contributed by atoms with E-state index in [0.29, 0.717) is 23.4 Å². The van der Waals surface area contributed by atoms with Gasteiger partial charge in [0.15, 0.2) is 0 Å². The molecule has 1 aromatic carbocycles. The molecule has 2 N–H and O–H groups in total. The molecule has 2 rings (SSSR count). The first-order valence-electron chi connectivity index (χ1n) is 7.37. The molecule has 0 heterocycles. The van der Waals surface area contributed by atoms with Crippen LogP contribution in [0.3, 0.4) is 0 Å². The van der Waals surface area contributed by atoms with Gasteiger partial charge in [-0.15, -0.1) is 0 Å². The van der Waals surface area contributed by atoms with Crippen LogP contribution in [0.5, 0.6) is 5.75 Å². The van der Waals surface area contributed by atoms with Crippen molar-refractivity contribution in [2.75, 3.05) is 0 Å². The van der Waals surface area contributed by atoms with Crippen LogP contribution in [-0.2, 0) is 6.54 Å². The highest BCUT2D eigenvalue weighted by Crippen LogP contribution is 2.26. The Labute approximate surface area is 121 Å². The molecule has 0 aromatic heterocycles.